The first-order valence-corrected chi connectivity index (χ1v) is 20.7. The average molecular weight is 785 g/mol. The van der Waals surface area contributed by atoms with E-state index in [2.05, 4.69) is 0 Å². The predicted molar refractivity (Wildman–Crippen MR) is 193 cm³/mol. The fraction of sp³-hybridized carbons (Fsp3) is 0.706. The van der Waals surface area contributed by atoms with Gasteiger partial charge in [0.05, 0.1) is 104 Å². The average Bonchev–Trinajstić information content (AvgIpc) is 3.10. The zero-order chi connectivity index (χ0) is 37.6. The standard InChI is InChI=1S/C34H56O16S2/c35-51(36,37)27-5-3-9-41-11-13-43-15-17-45-19-21-47-23-25-49-33-29-31-7-1-2-8-32(31)30-34(33)50-26-24-48-22-20-46-18-16-44-14-12-42-10-4-6-28-52(38,39)40/h1-2,7-8,29-30H,3-6,9-28H2,(H,35,36,37)(H,38,39,40). The molecular formula is C34H56O16S2. The second kappa shape index (κ2) is 29.2. The van der Waals surface area contributed by atoms with Crippen molar-refractivity contribution in [2.45, 2.75) is 25.7 Å². The molecule has 0 bridgehead atoms. The summed E-state index contributed by atoms with van der Waals surface area (Å²) in [5.74, 6) is 0.717. The van der Waals surface area contributed by atoms with E-state index in [1.165, 1.54) is 0 Å². The molecule has 0 atom stereocenters. The molecule has 18 heteroatoms. The molecule has 0 heterocycles. The van der Waals surface area contributed by atoms with Crippen molar-refractivity contribution in [1.29, 1.82) is 0 Å². The summed E-state index contributed by atoms with van der Waals surface area (Å²) in [7, 11) is -7.82. The van der Waals surface area contributed by atoms with Crippen LogP contribution in [0.15, 0.2) is 36.4 Å². The van der Waals surface area contributed by atoms with Crippen LogP contribution >= 0.6 is 0 Å². The molecule has 52 heavy (non-hydrogen) atoms. The molecule has 0 amide bonds. The summed E-state index contributed by atoms with van der Waals surface area (Å²) in [6.45, 7) is 7.17. The van der Waals surface area contributed by atoms with Gasteiger partial charge in [-0.05, 0) is 48.6 Å². The number of fused-ring (bicyclic) bond motifs is 1. The molecule has 0 spiro atoms. The minimum absolute atomic E-state index is 0.256. The lowest BCUT2D eigenvalue weighted by Crippen LogP contribution is -2.15. The molecule has 0 aliphatic heterocycles. The van der Waals surface area contributed by atoms with Gasteiger partial charge in [-0.15, -0.1) is 0 Å². The lowest BCUT2D eigenvalue weighted by molar-refractivity contribution is -0.00559. The quantitative estimate of drug-likeness (QED) is 0.0754. The highest BCUT2D eigenvalue weighted by molar-refractivity contribution is 7.86. The molecule has 0 aromatic heterocycles. The van der Waals surface area contributed by atoms with E-state index in [1.807, 2.05) is 36.4 Å². The summed E-state index contributed by atoms with van der Waals surface area (Å²) in [6, 6.07) is 11.8. The van der Waals surface area contributed by atoms with Crippen LogP contribution in [0.4, 0.5) is 0 Å². The number of unbranched alkanes of at least 4 members (excludes halogenated alkanes) is 2. The number of benzene rings is 2. The number of rotatable bonds is 36. The van der Waals surface area contributed by atoms with Crippen LogP contribution in [-0.4, -0.2) is 156 Å². The maximum absolute atomic E-state index is 10.6. The molecule has 300 valence electrons. The van der Waals surface area contributed by atoms with Crippen LogP contribution in [0.5, 0.6) is 11.5 Å². The van der Waals surface area contributed by atoms with Crippen LogP contribution in [-0.2, 0) is 58.1 Å². The third-order valence-electron chi connectivity index (χ3n) is 6.90. The Morgan fingerprint density at radius 1 is 0.385 bits per heavy atom. The molecule has 0 radical (unpaired) electrons. The van der Waals surface area contributed by atoms with Crippen molar-refractivity contribution in [2.75, 3.05) is 130 Å². The van der Waals surface area contributed by atoms with Crippen LogP contribution in [0, 0.1) is 0 Å². The van der Waals surface area contributed by atoms with Gasteiger partial charge in [0.25, 0.3) is 20.2 Å². The zero-order valence-electron chi connectivity index (χ0n) is 29.9. The minimum atomic E-state index is -3.91. The summed E-state index contributed by atoms with van der Waals surface area (Å²) >= 11 is 0. The Morgan fingerprint density at radius 3 is 0.942 bits per heavy atom. The Balaban J connectivity index is 1.46. The second-order valence-electron chi connectivity index (χ2n) is 11.2. The second-order valence-corrected chi connectivity index (χ2v) is 14.4. The Hall–Kier alpha value is -2.20. The topological polar surface area (TPSA) is 201 Å². The number of hydrogen-bond donors (Lipinski definition) is 2. The highest BCUT2D eigenvalue weighted by Crippen LogP contribution is 2.32. The molecule has 16 nitrogen and oxygen atoms in total. The maximum atomic E-state index is 10.6. The maximum Gasteiger partial charge on any atom is 0.264 e. The first-order valence-electron chi connectivity index (χ1n) is 17.4. The molecule has 0 unspecified atom stereocenters. The van der Waals surface area contributed by atoms with Crippen molar-refractivity contribution in [1.82, 2.24) is 0 Å². The van der Waals surface area contributed by atoms with E-state index in [0.29, 0.717) is 156 Å². The highest BCUT2D eigenvalue weighted by Gasteiger charge is 2.09. The van der Waals surface area contributed by atoms with Crippen LogP contribution < -0.4 is 9.47 Å². The lowest BCUT2D eigenvalue weighted by atomic mass is 10.1. The highest BCUT2D eigenvalue weighted by atomic mass is 32.2. The monoisotopic (exact) mass is 784 g/mol. The summed E-state index contributed by atoms with van der Waals surface area (Å²) in [4.78, 5) is 0. The van der Waals surface area contributed by atoms with Crippen molar-refractivity contribution in [2.24, 2.45) is 0 Å². The summed E-state index contributed by atoms with van der Waals surface area (Å²) in [5.41, 5.74) is 0. The zero-order valence-corrected chi connectivity index (χ0v) is 31.5. The largest absolute Gasteiger partial charge is 0.487 e. The molecule has 0 saturated carbocycles. The van der Waals surface area contributed by atoms with Gasteiger partial charge in [-0.2, -0.15) is 16.8 Å². The smallest absolute Gasteiger partial charge is 0.264 e. The van der Waals surface area contributed by atoms with Gasteiger partial charge in [0.1, 0.15) is 13.2 Å². The minimum Gasteiger partial charge on any atom is -0.487 e. The van der Waals surface area contributed by atoms with Crippen molar-refractivity contribution < 1.29 is 73.3 Å². The van der Waals surface area contributed by atoms with E-state index in [0.717, 1.165) is 10.8 Å². The molecule has 0 aliphatic carbocycles. The molecule has 0 aliphatic rings. The van der Waals surface area contributed by atoms with Crippen LogP contribution in [0.3, 0.4) is 0 Å². The summed E-state index contributed by atoms with van der Waals surface area (Å²) in [5, 5.41) is 2.06. The molecule has 2 N–H and O–H groups in total. The van der Waals surface area contributed by atoms with Crippen LogP contribution in [0.25, 0.3) is 10.8 Å². The van der Waals surface area contributed by atoms with E-state index < -0.39 is 20.2 Å². The van der Waals surface area contributed by atoms with E-state index in [4.69, 9.17) is 56.5 Å². The third-order valence-corrected chi connectivity index (χ3v) is 8.51. The Bertz CT molecular complexity index is 1290. The molecule has 2 rings (SSSR count). The molecule has 0 fully saturated rings. The van der Waals surface area contributed by atoms with E-state index in [9.17, 15) is 16.8 Å². The fourth-order valence-electron chi connectivity index (χ4n) is 4.35. The van der Waals surface area contributed by atoms with Gasteiger partial charge in [-0.25, -0.2) is 0 Å². The van der Waals surface area contributed by atoms with Crippen LogP contribution in [0.1, 0.15) is 25.7 Å². The summed E-state index contributed by atoms with van der Waals surface area (Å²) < 4.78 is 116. The number of hydrogen-bond acceptors (Lipinski definition) is 14. The first-order chi connectivity index (χ1) is 25.1. The SMILES string of the molecule is O=S(=O)(O)CCCCOCCOCCOCCOCCOc1cc2ccccc2cc1OCCOCCOCCOCCOCCCCS(=O)(=O)O. The van der Waals surface area contributed by atoms with Crippen molar-refractivity contribution in [3.05, 3.63) is 36.4 Å². The molecular weight excluding hydrogens is 728 g/mol. The van der Waals surface area contributed by atoms with Gasteiger partial charge < -0.3 is 47.4 Å². The van der Waals surface area contributed by atoms with E-state index in [-0.39, 0.29) is 11.5 Å². The van der Waals surface area contributed by atoms with E-state index >= 15 is 0 Å². The summed E-state index contributed by atoms with van der Waals surface area (Å²) in [6.07, 6.45) is 1.81. The molecule has 2 aromatic carbocycles. The van der Waals surface area contributed by atoms with Gasteiger partial charge in [0.2, 0.25) is 0 Å². The lowest BCUT2D eigenvalue weighted by Gasteiger charge is -2.15. The Labute approximate surface area is 307 Å². The van der Waals surface area contributed by atoms with Gasteiger partial charge in [0.15, 0.2) is 11.5 Å². The van der Waals surface area contributed by atoms with Gasteiger partial charge >= 0.3 is 0 Å². The molecule has 2 aromatic rings. The van der Waals surface area contributed by atoms with Crippen molar-refractivity contribution in [3.8, 4) is 11.5 Å². The van der Waals surface area contributed by atoms with Crippen molar-refractivity contribution in [3.63, 3.8) is 0 Å². The van der Waals surface area contributed by atoms with Gasteiger partial charge in [-0.1, -0.05) is 24.3 Å². The fourth-order valence-corrected chi connectivity index (χ4v) is 5.48. The number of ether oxygens (including phenoxy) is 10. The van der Waals surface area contributed by atoms with Crippen LogP contribution in [0.2, 0.25) is 0 Å². The Morgan fingerprint density at radius 2 is 0.654 bits per heavy atom. The van der Waals surface area contributed by atoms with Gasteiger partial charge in [-0.3, -0.25) is 9.11 Å². The normalized spacial score (nSPS) is 12.1. The van der Waals surface area contributed by atoms with Crippen molar-refractivity contribution >= 4 is 31.0 Å². The molecule has 0 saturated heterocycles. The van der Waals surface area contributed by atoms with E-state index in [1.54, 1.807) is 0 Å². The first kappa shape index (κ1) is 46.0. The predicted octanol–water partition coefficient (Wildman–Crippen LogP) is 3.07. The van der Waals surface area contributed by atoms with Gasteiger partial charge in [0, 0.05) is 13.2 Å². The Kier molecular flexibility index (Phi) is 25.8. The third kappa shape index (κ3) is 26.5.